The molecule has 2 aromatic heterocycles. The summed E-state index contributed by atoms with van der Waals surface area (Å²) in [4.78, 5) is 36.6. The Morgan fingerprint density at radius 1 is 0.943 bits per heavy atom. The van der Waals surface area contributed by atoms with E-state index in [-0.39, 0.29) is 40.4 Å². The molecule has 8 rings (SSSR count). The van der Waals surface area contributed by atoms with Gasteiger partial charge in [0, 0.05) is 43.5 Å². The number of ether oxygens (including phenoxy) is 2. The number of methoxy groups -OCH3 is 1. The molecule has 5 aliphatic rings. The third kappa shape index (κ3) is 7.72. The maximum Gasteiger partial charge on any atom is 0.410 e. The fourth-order valence-electron chi connectivity index (χ4n) is 9.52. The molecule has 53 heavy (non-hydrogen) atoms. The van der Waals surface area contributed by atoms with Crippen LogP contribution >= 0.6 is 0 Å². The minimum Gasteiger partial charge on any atom is -0.496 e. The summed E-state index contributed by atoms with van der Waals surface area (Å²) < 4.78 is 13.6. The fraction of sp³-hybridized carbons (Fsp3) is 0.636. The van der Waals surface area contributed by atoms with Crippen molar-refractivity contribution in [2.75, 3.05) is 31.6 Å². The van der Waals surface area contributed by atoms with Crippen LogP contribution in [0.1, 0.15) is 122 Å². The van der Waals surface area contributed by atoms with Crippen molar-refractivity contribution in [3.05, 3.63) is 60.0 Å². The molecular formula is C44H61N5O4. The number of hydrogen-bond donors (Lipinski definition) is 0. The number of aromatic nitrogens is 3. The van der Waals surface area contributed by atoms with E-state index in [1.165, 1.54) is 11.1 Å². The highest BCUT2D eigenvalue weighted by atomic mass is 16.6. The highest BCUT2D eigenvalue weighted by Crippen LogP contribution is 2.58. The Kier molecular flexibility index (Phi) is 10.7. The molecule has 4 aliphatic carbocycles. The normalized spacial score (nSPS) is 26.3. The molecule has 0 atom stereocenters. The van der Waals surface area contributed by atoms with Crippen molar-refractivity contribution in [2.45, 2.75) is 135 Å². The van der Waals surface area contributed by atoms with Gasteiger partial charge in [0.1, 0.15) is 17.7 Å². The minimum absolute atomic E-state index is 0.0608. The summed E-state index contributed by atoms with van der Waals surface area (Å²) >= 11 is 0. The lowest BCUT2D eigenvalue weighted by Crippen LogP contribution is -2.52. The van der Waals surface area contributed by atoms with Crippen LogP contribution in [-0.4, -0.2) is 64.5 Å². The zero-order valence-electron chi connectivity index (χ0n) is 33.0. The molecule has 0 spiro atoms. The van der Waals surface area contributed by atoms with E-state index in [1.54, 1.807) is 7.11 Å². The standard InChI is InChI=1S/C44H61N5O4/c1-7-42(4,5)49-29-35(28-46-49)34-14-23-45-39(27-34)48(40(50)33-8-11-37(12-9-33)53-41(51)47-24-15-31(2)16-25-47)30-43-17-20-44(21-18-43,22-19-43)36-10-13-38(52-6)32(3)26-36/h10,13-14,23,26-29,31,33,37H,7-9,11-12,15-22,24-25,30H2,1-6H3. The van der Waals surface area contributed by atoms with Crippen LogP contribution in [0.15, 0.2) is 48.9 Å². The maximum atomic E-state index is 14.8. The monoisotopic (exact) mass is 723 g/mol. The molecule has 3 heterocycles. The van der Waals surface area contributed by atoms with E-state index >= 15 is 0 Å². The van der Waals surface area contributed by atoms with Gasteiger partial charge < -0.3 is 14.4 Å². The summed E-state index contributed by atoms with van der Waals surface area (Å²) in [5.74, 6) is 2.37. The number of piperidine rings is 1. The second-order valence-corrected chi connectivity index (χ2v) is 17.7. The second-order valence-electron chi connectivity index (χ2n) is 17.7. The Balaban J connectivity index is 1.09. The summed E-state index contributed by atoms with van der Waals surface area (Å²) in [6, 6.07) is 10.9. The van der Waals surface area contributed by atoms with Crippen LogP contribution in [0.25, 0.3) is 11.1 Å². The predicted octanol–water partition coefficient (Wildman–Crippen LogP) is 9.46. The van der Waals surface area contributed by atoms with Gasteiger partial charge in [-0.25, -0.2) is 9.78 Å². The van der Waals surface area contributed by atoms with E-state index in [4.69, 9.17) is 19.6 Å². The van der Waals surface area contributed by atoms with Gasteiger partial charge in [-0.1, -0.05) is 26.0 Å². The zero-order valence-corrected chi connectivity index (χ0v) is 33.0. The van der Waals surface area contributed by atoms with Crippen molar-refractivity contribution in [2.24, 2.45) is 17.3 Å². The molecule has 9 heteroatoms. The number of carbonyl (C=O) groups is 2. The molecule has 2 amide bonds. The van der Waals surface area contributed by atoms with Gasteiger partial charge in [-0.3, -0.25) is 14.4 Å². The molecule has 1 aromatic carbocycles. The molecule has 0 N–H and O–H groups in total. The van der Waals surface area contributed by atoms with Crippen molar-refractivity contribution in [1.82, 2.24) is 19.7 Å². The lowest BCUT2D eigenvalue weighted by Gasteiger charge is -2.55. The average Bonchev–Trinajstić information content (AvgIpc) is 3.70. The SMILES string of the molecule is CCC(C)(C)n1cc(-c2ccnc(N(CC34CCC(c5ccc(OC)c(C)c5)(CC3)CC4)C(=O)C3CCC(OC(=O)N4CCC(C)CC4)CC3)c2)cn1. The predicted molar refractivity (Wildman–Crippen MR) is 209 cm³/mol. The number of benzene rings is 1. The van der Waals surface area contributed by atoms with E-state index in [1.807, 2.05) is 32.9 Å². The van der Waals surface area contributed by atoms with Crippen LogP contribution in [0.5, 0.6) is 5.75 Å². The van der Waals surface area contributed by atoms with Crippen LogP contribution < -0.4 is 9.64 Å². The molecule has 1 aliphatic heterocycles. The van der Waals surface area contributed by atoms with Gasteiger partial charge in [-0.2, -0.15) is 5.10 Å². The van der Waals surface area contributed by atoms with Crippen molar-refractivity contribution >= 4 is 17.8 Å². The van der Waals surface area contributed by atoms with Crippen LogP contribution in [0.4, 0.5) is 10.6 Å². The highest BCUT2D eigenvalue weighted by molar-refractivity contribution is 5.95. The Hall–Kier alpha value is -3.88. The van der Waals surface area contributed by atoms with Crippen LogP contribution in [0.3, 0.4) is 0 Å². The minimum atomic E-state index is -0.186. The average molecular weight is 724 g/mol. The smallest absolute Gasteiger partial charge is 0.410 e. The number of pyridine rings is 1. The topological polar surface area (TPSA) is 89.8 Å². The zero-order chi connectivity index (χ0) is 37.4. The number of amides is 2. The van der Waals surface area contributed by atoms with Crippen LogP contribution in [-0.2, 0) is 20.5 Å². The number of nitrogens with zero attached hydrogens (tertiary/aromatic N) is 5. The first kappa shape index (κ1) is 37.4. The van der Waals surface area contributed by atoms with Gasteiger partial charge in [-0.15, -0.1) is 0 Å². The Labute approximate surface area is 316 Å². The largest absolute Gasteiger partial charge is 0.496 e. The van der Waals surface area contributed by atoms with E-state index in [0.29, 0.717) is 12.5 Å². The second kappa shape index (κ2) is 15.1. The Morgan fingerprint density at radius 3 is 2.28 bits per heavy atom. The Bertz CT molecular complexity index is 1740. The number of hydrogen-bond acceptors (Lipinski definition) is 6. The van der Waals surface area contributed by atoms with E-state index < -0.39 is 0 Å². The molecule has 2 bridgehead atoms. The number of carbonyl (C=O) groups excluding carboxylic acids is 2. The maximum absolute atomic E-state index is 14.8. The summed E-state index contributed by atoms with van der Waals surface area (Å²) in [5, 5.41) is 4.72. The molecule has 5 fully saturated rings. The summed E-state index contributed by atoms with van der Waals surface area (Å²) in [7, 11) is 1.74. The highest BCUT2D eigenvalue weighted by Gasteiger charge is 2.51. The number of aryl methyl sites for hydroxylation is 1. The first-order valence-electron chi connectivity index (χ1n) is 20.4. The van der Waals surface area contributed by atoms with Crippen molar-refractivity contribution in [1.29, 1.82) is 0 Å². The van der Waals surface area contributed by atoms with E-state index in [2.05, 4.69) is 65.1 Å². The fourth-order valence-corrected chi connectivity index (χ4v) is 9.52. The van der Waals surface area contributed by atoms with Crippen molar-refractivity contribution < 1.29 is 19.1 Å². The third-order valence-electron chi connectivity index (χ3n) is 13.9. The summed E-state index contributed by atoms with van der Waals surface area (Å²) in [5.41, 5.74) is 4.85. The summed E-state index contributed by atoms with van der Waals surface area (Å²) in [6.07, 6.45) is 18.2. The van der Waals surface area contributed by atoms with Crippen molar-refractivity contribution in [3.8, 4) is 16.9 Å². The number of rotatable bonds is 10. The Morgan fingerprint density at radius 2 is 1.64 bits per heavy atom. The van der Waals surface area contributed by atoms with Crippen LogP contribution in [0.2, 0.25) is 0 Å². The van der Waals surface area contributed by atoms with E-state index in [9.17, 15) is 9.59 Å². The molecule has 286 valence electrons. The quantitative estimate of drug-likeness (QED) is 0.207. The van der Waals surface area contributed by atoms with Gasteiger partial charge in [0.25, 0.3) is 0 Å². The lowest BCUT2D eigenvalue weighted by molar-refractivity contribution is -0.124. The molecule has 9 nitrogen and oxygen atoms in total. The van der Waals surface area contributed by atoms with Gasteiger partial charge in [0.05, 0.1) is 18.8 Å². The van der Waals surface area contributed by atoms with Crippen LogP contribution in [0, 0.1) is 24.2 Å². The number of fused-ring (bicyclic) bond motifs is 3. The van der Waals surface area contributed by atoms with Gasteiger partial charge in [0.2, 0.25) is 5.91 Å². The van der Waals surface area contributed by atoms with Gasteiger partial charge >= 0.3 is 6.09 Å². The van der Waals surface area contributed by atoms with Crippen molar-refractivity contribution in [3.63, 3.8) is 0 Å². The first-order chi connectivity index (χ1) is 25.4. The molecular weight excluding hydrogens is 663 g/mol. The number of likely N-dealkylation sites (tertiary alicyclic amines) is 1. The molecule has 0 radical (unpaired) electrons. The third-order valence-corrected chi connectivity index (χ3v) is 13.9. The lowest BCUT2D eigenvalue weighted by atomic mass is 9.51. The van der Waals surface area contributed by atoms with Gasteiger partial charge in [0.15, 0.2) is 0 Å². The molecule has 0 unspecified atom stereocenters. The first-order valence-corrected chi connectivity index (χ1v) is 20.4. The summed E-state index contributed by atoms with van der Waals surface area (Å²) in [6.45, 7) is 13.2. The molecule has 4 saturated carbocycles. The molecule has 1 saturated heterocycles. The van der Waals surface area contributed by atoms with Gasteiger partial charge in [-0.05, 0) is 156 Å². The number of anilines is 1. The van der Waals surface area contributed by atoms with E-state index in [0.717, 1.165) is 119 Å². The molecule has 3 aromatic rings.